The van der Waals surface area contributed by atoms with Gasteiger partial charge in [-0.2, -0.15) is 0 Å². The summed E-state index contributed by atoms with van der Waals surface area (Å²) < 4.78 is 5.97. The van der Waals surface area contributed by atoms with Crippen molar-refractivity contribution in [3.05, 3.63) is 58.1 Å². The third-order valence-electron chi connectivity index (χ3n) is 3.25. The molecule has 0 radical (unpaired) electrons. The lowest BCUT2D eigenvalue weighted by atomic mass is 10.2. The topological polar surface area (TPSA) is 21.3 Å². The molecule has 2 aromatic rings. The summed E-state index contributed by atoms with van der Waals surface area (Å²) in [6.45, 7) is 4.83. The van der Waals surface area contributed by atoms with Gasteiger partial charge >= 0.3 is 0 Å². The van der Waals surface area contributed by atoms with Gasteiger partial charge in [-0.05, 0) is 37.6 Å². The first-order valence-electron chi connectivity index (χ1n) is 7.01. The Balaban J connectivity index is 1.96. The fourth-order valence-electron chi connectivity index (χ4n) is 1.94. The van der Waals surface area contributed by atoms with E-state index in [1.54, 1.807) is 6.07 Å². The van der Waals surface area contributed by atoms with Crippen LogP contribution in [0.4, 0.5) is 5.69 Å². The van der Waals surface area contributed by atoms with Crippen molar-refractivity contribution in [2.75, 3.05) is 11.9 Å². The Morgan fingerprint density at radius 1 is 1.10 bits per heavy atom. The molecule has 112 valence electrons. The first kappa shape index (κ1) is 16.0. The Labute approximate surface area is 136 Å². The van der Waals surface area contributed by atoms with Crippen LogP contribution in [0.2, 0.25) is 10.0 Å². The molecule has 0 saturated heterocycles. The summed E-state index contributed by atoms with van der Waals surface area (Å²) >= 11 is 12.2. The summed E-state index contributed by atoms with van der Waals surface area (Å²) in [4.78, 5) is 0. The number of hydrogen-bond acceptors (Lipinski definition) is 2. The van der Waals surface area contributed by atoms with Crippen molar-refractivity contribution in [3.8, 4) is 5.75 Å². The molecule has 1 atom stereocenters. The highest BCUT2D eigenvalue weighted by Crippen LogP contribution is 2.29. The van der Waals surface area contributed by atoms with Crippen molar-refractivity contribution in [1.29, 1.82) is 0 Å². The fourth-order valence-corrected chi connectivity index (χ4v) is 2.31. The molecule has 1 N–H and O–H groups in total. The van der Waals surface area contributed by atoms with Crippen molar-refractivity contribution >= 4 is 28.9 Å². The number of aryl methyl sites for hydroxylation is 1. The molecule has 1 unspecified atom stereocenters. The Bertz CT molecular complexity index is 584. The summed E-state index contributed by atoms with van der Waals surface area (Å²) in [7, 11) is 0. The number of nitrogens with one attached hydrogen (secondary N) is 1. The van der Waals surface area contributed by atoms with E-state index >= 15 is 0 Å². The Morgan fingerprint density at radius 2 is 1.81 bits per heavy atom. The monoisotopic (exact) mass is 323 g/mol. The summed E-state index contributed by atoms with van der Waals surface area (Å²) in [5, 5.41) is 4.39. The number of benzene rings is 2. The lowest BCUT2D eigenvalue weighted by Gasteiger charge is -2.19. The van der Waals surface area contributed by atoms with Crippen LogP contribution in [0.5, 0.6) is 5.75 Å². The van der Waals surface area contributed by atoms with Crippen molar-refractivity contribution in [1.82, 2.24) is 0 Å². The highest BCUT2D eigenvalue weighted by atomic mass is 35.5. The average molecular weight is 324 g/mol. The molecule has 0 aliphatic rings. The zero-order chi connectivity index (χ0) is 15.2. The second kappa shape index (κ2) is 7.58. The fraction of sp³-hybridized carbons (Fsp3) is 0.294. The van der Waals surface area contributed by atoms with E-state index in [2.05, 4.69) is 19.2 Å². The Hall–Kier alpha value is -1.38. The molecule has 0 saturated carbocycles. The zero-order valence-corrected chi connectivity index (χ0v) is 13.7. The largest absolute Gasteiger partial charge is 0.489 e. The smallest absolute Gasteiger partial charge is 0.119 e. The Kier molecular flexibility index (Phi) is 5.77. The quantitative estimate of drug-likeness (QED) is 0.750. The molecule has 0 bridgehead atoms. The van der Waals surface area contributed by atoms with E-state index in [0.717, 1.165) is 17.9 Å². The van der Waals surface area contributed by atoms with Gasteiger partial charge in [0.1, 0.15) is 11.9 Å². The summed E-state index contributed by atoms with van der Waals surface area (Å²) in [5.41, 5.74) is 2.05. The van der Waals surface area contributed by atoms with Gasteiger partial charge < -0.3 is 10.1 Å². The van der Waals surface area contributed by atoms with Crippen molar-refractivity contribution in [2.24, 2.45) is 0 Å². The molecule has 2 aromatic carbocycles. The van der Waals surface area contributed by atoms with Gasteiger partial charge in [0, 0.05) is 0 Å². The Morgan fingerprint density at radius 3 is 2.48 bits per heavy atom. The van der Waals surface area contributed by atoms with Gasteiger partial charge in [0.25, 0.3) is 0 Å². The molecular formula is C17H19Cl2NO. The standard InChI is InChI=1S/C17H19Cl2NO/c1-3-13(21-14-9-7-12(2)8-10-14)11-20-16-6-4-5-15(18)17(16)19/h4-10,13,20H,3,11H2,1-2H3. The van der Waals surface area contributed by atoms with Crippen molar-refractivity contribution < 1.29 is 4.74 Å². The first-order valence-corrected chi connectivity index (χ1v) is 7.77. The lowest BCUT2D eigenvalue weighted by molar-refractivity contribution is 0.210. The number of anilines is 1. The number of rotatable bonds is 6. The van der Waals surface area contributed by atoms with Crippen LogP contribution >= 0.6 is 23.2 Å². The number of ether oxygens (including phenoxy) is 1. The SMILES string of the molecule is CCC(CNc1cccc(Cl)c1Cl)Oc1ccc(C)cc1. The van der Waals surface area contributed by atoms with Crippen LogP contribution in [0.25, 0.3) is 0 Å². The maximum Gasteiger partial charge on any atom is 0.119 e. The molecule has 0 fully saturated rings. The predicted molar refractivity (Wildman–Crippen MR) is 90.8 cm³/mol. The molecule has 0 aliphatic carbocycles. The van der Waals surface area contributed by atoms with E-state index in [9.17, 15) is 0 Å². The molecule has 0 amide bonds. The maximum absolute atomic E-state index is 6.16. The molecule has 2 rings (SSSR count). The van der Waals surface area contributed by atoms with E-state index < -0.39 is 0 Å². The molecule has 4 heteroatoms. The maximum atomic E-state index is 6.16. The molecule has 2 nitrogen and oxygen atoms in total. The molecule has 0 spiro atoms. The molecule has 0 aliphatic heterocycles. The van der Waals surface area contributed by atoms with Gasteiger partial charge in [-0.25, -0.2) is 0 Å². The zero-order valence-electron chi connectivity index (χ0n) is 12.2. The molecule has 0 aromatic heterocycles. The summed E-state index contributed by atoms with van der Waals surface area (Å²) in [6.07, 6.45) is 0.974. The third kappa shape index (κ3) is 4.55. The minimum atomic E-state index is 0.0720. The third-order valence-corrected chi connectivity index (χ3v) is 4.07. The van der Waals surface area contributed by atoms with E-state index in [4.69, 9.17) is 27.9 Å². The summed E-state index contributed by atoms with van der Waals surface area (Å²) in [6, 6.07) is 13.6. The molecule has 21 heavy (non-hydrogen) atoms. The summed E-state index contributed by atoms with van der Waals surface area (Å²) in [5.74, 6) is 0.881. The van der Waals surface area contributed by atoms with Gasteiger partial charge in [-0.15, -0.1) is 0 Å². The van der Waals surface area contributed by atoms with Gasteiger partial charge in [-0.1, -0.05) is 53.9 Å². The van der Waals surface area contributed by atoms with E-state index in [1.807, 2.05) is 36.4 Å². The predicted octanol–water partition coefficient (Wildman–Crippen LogP) is 5.57. The van der Waals surface area contributed by atoms with Crippen LogP contribution in [0, 0.1) is 6.92 Å². The van der Waals surface area contributed by atoms with E-state index in [1.165, 1.54) is 5.56 Å². The molecule has 0 heterocycles. The average Bonchev–Trinajstić information content (AvgIpc) is 2.49. The molecular weight excluding hydrogens is 305 g/mol. The second-order valence-corrected chi connectivity index (χ2v) is 5.73. The van der Waals surface area contributed by atoms with Crippen LogP contribution in [0.3, 0.4) is 0 Å². The second-order valence-electron chi connectivity index (χ2n) is 4.94. The lowest BCUT2D eigenvalue weighted by Crippen LogP contribution is -2.25. The highest BCUT2D eigenvalue weighted by Gasteiger charge is 2.10. The van der Waals surface area contributed by atoms with Crippen LogP contribution in [-0.4, -0.2) is 12.6 Å². The van der Waals surface area contributed by atoms with Crippen LogP contribution in [-0.2, 0) is 0 Å². The number of halogens is 2. The normalized spacial score (nSPS) is 12.0. The van der Waals surface area contributed by atoms with Gasteiger partial charge in [0.2, 0.25) is 0 Å². The van der Waals surface area contributed by atoms with Crippen LogP contribution < -0.4 is 10.1 Å². The van der Waals surface area contributed by atoms with Crippen molar-refractivity contribution in [3.63, 3.8) is 0 Å². The minimum absolute atomic E-state index is 0.0720. The van der Waals surface area contributed by atoms with Gasteiger partial charge in [0.15, 0.2) is 0 Å². The highest BCUT2D eigenvalue weighted by molar-refractivity contribution is 6.43. The first-order chi connectivity index (χ1) is 10.1. The van der Waals surface area contributed by atoms with E-state index in [-0.39, 0.29) is 6.10 Å². The van der Waals surface area contributed by atoms with E-state index in [0.29, 0.717) is 16.6 Å². The van der Waals surface area contributed by atoms with Crippen molar-refractivity contribution in [2.45, 2.75) is 26.4 Å². The van der Waals surface area contributed by atoms with Gasteiger partial charge in [0.05, 0.1) is 22.3 Å². The van der Waals surface area contributed by atoms with Crippen LogP contribution in [0.15, 0.2) is 42.5 Å². The van der Waals surface area contributed by atoms with Gasteiger partial charge in [-0.3, -0.25) is 0 Å². The minimum Gasteiger partial charge on any atom is -0.489 e. The number of hydrogen-bond donors (Lipinski definition) is 1. The van der Waals surface area contributed by atoms with Crippen LogP contribution in [0.1, 0.15) is 18.9 Å².